The van der Waals surface area contributed by atoms with E-state index in [1.165, 1.54) is 12.8 Å². The number of amides is 1. The summed E-state index contributed by atoms with van der Waals surface area (Å²) in [6.45, 7) is 2.95. The van der Waals surface area contributed by atoms with Crippen molar-refractivity contribution in [1.29, 1.82) is 0 Å². The summed E-state index contributed by atoms with van der Waals surface area (Å²) in [5, 5.41) is 22.7. The summed E-state index contributed by atoms with van der Waals surface area (Å²) < 4.78 is 0. The second kappa shape index (κ2) is 9.93. The third kappa shape index (κ3) is 5.20. The monoisotopic (exact) mass is 516 g/mol. The average Bonchev–Trinajstić information content (AvgIpc) is 3.65. The molecule has 188 valence electrons. The highest BCUT2D eigenvalue weighted by molar-refractivity contribution is 6.42. The maximum absolute atomic E-state index is 13.3. The first kappa shape index (κ1) is 24.9. The maximum Gasteiger partial charge on any atom is 0.226 e. The van der Waals surface area contributed by atoms with Crippen LogP contribution in [0, 0.1) is 11.8 Å². The van der Waals surface area contributed by atoms with E-state index in [1.54, 1.807) is 18.2 Å². The number of rotatable bonds is 6. The Labute approximate surface area is 217 Å². The number of fused-ring (bicyclic) bond motifs is 1. The van der Waals surface area contributed by atoms with Crippen LogP contribution in [0.5, 0.6) is 5.75 Å². The summed E-state index contributed by atoms with van der Waals surface area (Å²) in [6.07, 6.45) is 4.60. The quantitative estimate of drug-likeness (QED) is 0.573. The third-order valence-corrected chi connectivity index (χ3v) is 9.27. The molecule has 5 nitrogen and oxygen atoms in total. The van der Waals surface area contributed by atoms with Gasteiger partial charge in [-0.25, -0.2) is 0 Å². The van der Waals surface area contributed by atoms with Crippen LogP contribution in [0.4, 0.5) is 0 Å². The van der Waals surface area contributed by atoms with Gasteiger partial charge < -0.3 is 20.0 Å². The van der Waals surface area contributed by atoms with Gasteiger partial charge in [0.05, 0.1) is 22.6 Å². The smallest absolute Gasteiger partial charge is 0.226 e. The van der Waals surface area contributed by atoms with Gasteiger partial charge in [0, 0.05) is 37.5 Å². The number of likely N-dealkylation sites (N-methyl/N-ethyl adjacent to an activating group) is 1. The van der Waals surface area contributed by atoms with Crippen LogP contribution < -0.4 is 0 Å². The van der Waals surface area contributed by atoms with E-state index >= 15 is 0 Å². The number of aliphatic hydroxyl groups is 1. The van der Waals surface area contributed by atoms with E-state index in [0.29, 0.717) is 16.5 Å². The van der Waals surface area contributed by atoms with E-state index in [4.69, 9.17) is 23.2 Å². The van der Waals surface area contributed by atoms with Gasteiger partial charge in [0.15, 0.2) is 0 Å². The Morgan fingerprint density at radius 2 is 1.97 bits per heavy atom. The van der Waals surface area contributed by atoms with Crippen LogP contribution >= 0.6 is 23.2 Å². The van der Waals surface area contributed by atoms with Crippen LogP contribution in [-0.4, -0.2) is 64.7 Å². The molecule has 0 radical (unpaired) electrons. The number of aliphatic hydroxyl groups excluding tert-OH is 1. The van der Waals surface area contributed by atoms with Crippen molar-refractivity contribution in [3.05, 3.63) is 63.6 Å². The summed E-state index contributed by atoms with van der Waals surface area (Å²) in [7, 11) is 1.84. The number of benzene rings is 2. The molecule has 3 aliphatic rings. The summed E-state index contributed by atoms with van der Waals surface area (Å²) in [6, 6.07) is 12.7. The molecular weight excluding hydrogens is 483 g/mol. The molecule has 2 saturated carbocycles. The van der Waals surface area contributed by atoms with E-state index in [2.05, 4.69) is 11.0 Å². The molecule has 1 heterocycles. The molecule has 0 spiro atoms. The number of phenols is 1. The number of phenolic OH excluding ortho intramolecular Hbond substituents is 1. The van der Waals surface area contributed by atoms with Crippen LogP contribution in [0.1, 0.15) is 43.2 Å². The molecule has 1 unspecified atom stereocenters. The highest BCUT2D eigenvalue weighted by Gasteiger charge is 2.53. The highest BCUT2D eigenvalue weighted by atomic mass is 35.5. The largest absolute Gasteiger partial charge is 0.508 e. The van der Waals surface area contributed by atoms with E-state index in [1.807, 2.05) is 30.1 Å². The molecule has 0 aromatic heterocycles. The van der Waals surface area contributed by atoms with Gasteiger partial charge in [-0.05, 0) is 80.0 Å². The number of carbonyl (C=O) groups excluding carboxylic acids is 1. The van der Waals surface area contributed by atoms with Crippen molar-refractivity contribution >= 4 is 29.1 Å². The maximum atomic E-state index is 13.3. The third-order valence-electron chi connectivity index (χ3n) is 8.53. The number of aromatic hydroxyl groups is 1. The number of halogens is 2. The molecule has 3 fully saturated rings. The molecule has 4 atom stereocenters. The van der Waals surface area contributed by atoms with Crippen LogP contribution in [0.15, 0.2) is 42.5 Å². The average molecular weight is 517 g/mol. The minimum Gasteiger partial charge on any atom is -0.508 e. The van der Waals surface area contributed by atoms with Crippen LogP contribution in [0.25, 0.3) is 0 Å². The molecule has 2 aliphatic carbocycles. The summed E-state index contributed by atoms with van der Waals surface area (Å²) in [5.41, 5.74) is 1.61. The normalized spacial score (nSPS) is 29.0. The summed E-state index contributed by atoms with van der Waals surface area (Å²) >= 11 is 12.2. The lowest BCUT2D eigenvalue weighted by Crippen LogP contribution is -2.61. The second-order valence-corrected chi connectivity index (χ2v) is 11.7. The summed E-state index contributed by atoms with van der Waals surface area (Å²) in [5.74, 6) is 1.13. The topological polar surface area (TPSA) is 64.0 Å². The van der Waals surface area contributed by atoms with Gasteiger partial charge in [0.25, 0.3) is 0 Å². The van der Waals surface area contributed by atoms with Crippen molar-refractivity contribution in [2.24, 2.45) is 11.8 Å². The van der Waals surface area contributed by atoms with Gasteiger partial charge in [0.2, 0.25) is 5.91 Å². The molecule has 5 rings (SSSR count). The van der Waals surface area contributed by atoms with Crippen molar-refractivity contribution in [2.45, 2.75) is 56.1 Å². The minimum atomic E-state index is -0.515. The van der Waals surface area contributed by atoms with Gasteiger partial charge in [0.1, 0.15) is 5.75 Å². The predicted molar refractivity (Wildman–Crippen MR) is 139 cm³/mol. The van der Waals surface area contributed by atoms with Gasteiger partial charge in [-0.15, -0.1) is 0 Å². The van der Waals surface area contributed by atoms with Crippen LogP contribution in [0.3, 0.4) is 0 Å². The lowest BCUT2D eigenvalue weighted by molar-refractivity contribution is -0.135. The van der Waals surface area contributed by atoms with Crippen molar-refractivity contribution in [3.8, 4) is 5.75 Å². The Morgan fingerprint density at radius 3 is 2.69 bits per heavy atom. The Bertz CT molecular complexity index is 1090. The number of hydrogen-bond donors (Lipinski definition) is 2. The van der Waals surface area contributed by atoms with Crippen LogP contribution in [-0.2, 0) is 16.6 Å². The standard InChI is InChI=1S/C28H34Cl2N2O3/c1-31(27(35)12-19-7-8-24(29)25(30)11-19)21-14-26(34)23-17-32(16-18-5-6-18)10-9-28(23,15-21)20-3-2-4-22(33)13-20/h2-4,7-8,11,13,18,21,23,26,33-34H,5-6,9-10,12,14-17H2,1H3/t21-,23-,26?,28-/m0/s1. The Morgan fingerprint density at radius 1 is 1.17 bits per heavy atom. The number of likely N-dealkylation sites (tertiary alicyclic amines) is 1. The zero-order chi connectivity index (χ0) is 24.7. The van der Waals surface area contributed by atoms with Gasteiger partial charge in [-0.2, -0.15) is 0 Å². The van der Waals surface area contributed by atoms with E-state index in [0.717, 1.165) is 49.5 Å². The van der Waals surface area contributed by atoms with Gasteiger partial charge >= 0.3 is 0 Å². The fourth-order valence-corrected chi connectivity index (χ4v) is 6.67. The van der Waals surface area contributed by atoms with E-state index in [9.17, 15) is 15.0 Å². The zero-order valence-electron chi connectivity index (χ0n) is 20.2. The fourth-order valence-electron chi connectivity index (χ4n) is 6.35. The molecule has 1 aliphatic heterocycles. The van der Waals surface area contributed by atoms with Gasteiger partial charge in [-0.1, -0.05) is 41.4 Å². The first-order valence-corrected chi connectivity index (χ1v) is 13.4. The van der Waals surface area contributed by atoms with E-state index < -0.39 is 6.10 Å². The first-order valence-electron chi connectivity index (χ1n) is 12.6. The Kier molecular flexibility index (Phi) is 7.06. The van der Waals surface area contributed by atoms with Crippen molar-refractivity contribution < 1.29 is 15.0 Å². The number of nitrogens with zero attached hydrogens (tertiary/aromatic N) is 2. The molecular formula is C28H34Cl2N2O3. The lowest BCUT2D eigenvalue weighted by atomic mass is 9.56. The molecule has 35 heavy (non-hydrogen) atoms. The Hall–Kier alpha value is -1.79. The highest BCUT2D eigenvalue weighted by Crippen LogP contribution is 2.51. The van der Waals surface area contributed by atoms with Crippen molar-refractivity contribution in [3.63, 3.8) is 0 Å². The fraction of sp³-hybridized carbons (Fsp3) is 0.536. The minimum absolute atomic E-state index is 0.00346. The number of carbonyl (C=O) groups is 1. The van der Waals surface area contributed by atoms with Crippen molar-refractivity contribution in [1.82, 2.24) is 9.80 Å². The van der Waals surface area contributed by atoms with Crippen molar-refractivity contribution in [2.75, 3.05) is 26.7 Å². The lowest BCUT2D eigenvalue weighted by Gasteiger charge is -2.56. The SMILES string of the molecule is CN(C(=O)Cc1ccc(Cl)c(Cl)c1)[C@H]1CC(O)[C@@H]2CN(CC3CC3)CC[C@@]2(c2cccc(O)c2)C1. The molecule has 2 N–H and O–H groups in total. The summed E-state index contributed by atoms with van der Waals surface area (Å²) in [4.78, 5) is 17.6. The Balaban J connectivity index is 1.38. The van der Waals surface area contributed by atoms with E-state index in [-0.39, 0.29) is 35.5 Å². The number of piperidine rings is 1. The first-order chi connectivity index (χ1) is 16.7. The molecule has 2 aromatic carbocycles. The second-order valence-electron chi connectivity index (χ2n) is 10.9. The van der Waals surface area contributed by atoms with Gasteiger partial charge in [-0.3, -0.25) is 4.79 Å². The molecule has 7 heteroatoms. The number of hydrogen-bond acceptors (Lipinski definition) is 4. The molecule has 1 saturated heterocycles. The zero-order valence-corrected chi connectivity index (χ0v) is 21.7. The molecule has 0 bridgehead atoms. The molecule has 1 amide bonds. The predicted octanol–water partition coefficient (Wildman–Crippen LogP) is 4.89. The van der Waals surface area contributed by atoms with Crippen LogP contribution in [0.2, 0.25) is 10.0 Å². The molecule has 2 aromatic rings.